The first-order valence-electron chi connectivity index (χ1n) is 8.68. The zero-order valence-corrected chi connectivity index (χ0v) is 13.9. The van der Waals surface area contributed by atoms with Gasteiger partial charge < -0.3 is 10.0 Å². The van der Waals surface area contributed by atoms with Crippen LogP contribution in [0.5, 0.6) is 0 Å². The highest BCUT2D eigenvalue weighted by molar-refractivity contribution is 5.46. The topological polar surface area (TPSA) is 26.7 Å². The maximum Gasteiger partial charge on any atom is 0.123 e. The minimum atomic E-state index is -0.504. The Bertz CT molecular complexity index is 609. The monoisotopic (exact) mass is 328 g/mol. The van der Waals surface area contributed by atoms with Crippen molar-refractivity contribution in [3.8, 4) is 0 Å². The van der Waals surface area contributed by atoms with E-state index in [2.05, 4.69) is 34.1 Å². The summed E-state index contributed by atoms with van der Waals surface area (Å²) in [5.74, 6) is -0.262. The highest BCUT2D eigenvalue weighted by atomic mass is 19.1. The summed E-state index contributed by atoms with van der Waals surface area (Å²) in [6.07, 6.45) is 1.16. The number of nitrogens with zero attached hydrogens (tertiary/aromatic N) is 2. The van der Waals surface area contributed by atoms with E-state index in [1.807, 2.05) is 6.07 Å². The number of hydrogen-bond donors (Lipinski definition) is 1. The van der Waals surface area contributed by atoms with Crippen LogP contribution in [0, 0.1) is 5.82 Å². The van der Waals surface area contributed by atoms with Gasteiger partial charge in [-0.25, -0.2) is 4.39 Å². The van der Waals surface area contributed by atoms with Gasteiger partial charge in [0.1, 0.15) is 5.82 Å². The van der Waals surface area contributed by atoms with Crippen LogP contribution >= 0.6 is 0 Å². The van der Waals surface area contributed by atoms with E-state index >= 15 is 0 Å². The van der Waals surface area contributed by atoms with Gasteiger partial charge in [0.05, 0.1) is 6.10 Å². The zero-order valence-electron chi connectivity index (χ0n) is 13.9. The normalized spacial score (nSPS) is 17.0. The Morgan fingerprint density at radius 1 is 0.917 bits per heavy atom. The number of rotatable bonds is 6. The first-order valence-corrected chi connectivity index (χ1v) is 8.68. The second-order valence-electron chi connectivity index (χ2n) is 6.37. The van der Waals surface area contributed by atoms with E-state index in [-0.39, 0.29) is 5.82 Å². The molecule has 1 fully saturated rings. The molecule has 1 heterocycles. The number of para-hydroxylation sites is 1. The van der Waals surface area contributed by atoms with Gasteiger partial charge in [-0.2, -0.15) is 0 Å². The van der Waals surface area contributed by atoms with Gasteiger partial charge in [0.25, 0.3) is 0 Å². The van der Waals surface area contributed by atoms with E-state index in [9.17, 15) is 9.50 Å². The number of benzene rings is 2. The van der Waals surface area contributed by atoms with Crippen LogP contribution in [0.25, 0.3) is 0 Å². The van der Waals surface area contributed by atoms with E-state index in [4.69, 9.17) is 0 Å². The predicted molar refractivity (Wildman–Crippen MR) is 95.7 cm³/mol. The fraction of sp³-hybridized carbons (Fsp3) is 0.400. The lowest BCUT2D eigenvalue weighted by molar-refractivity contribution is 0.154. The summed E-state index contributed by atoms with van der Waals surface area (Å²) in [4.78, 5) is 4.88. The van der Waals surface area contributed by atoms with E-state index in [0.717, 1.165) is 44.7 Å². The summed E-state index contributed by atoms with van der Waals surface area (Å²) in [6, 6.07) is 16.7. The fourth-order valence-electron chi connectivity index (χ4n) is 3.23. The average molecular weight is 328 g/mol. The largest absolute Gasteiger partial charge is 0.388 e. The summed E-state index contributed by atoms with van der Waals surface area (Å²) in [5, 5.41) is 10.2. The van der Waals surface area contributed by atoms with E-state index < -0.39 is 6.10 Å². The van der Waals surface area contributed by atoms with Gasteiger partial charge in [-0.3, -0.25) is 4.90 Å². The Kier molecular flexibility index (Phi) is 5.83. The van der Waals surface area contributed by atoms with Crippen LogP contribution in [0.1, 0.15) is 24.5 Å². The molecular weight excluding hydrogens is 303 g/mol. The summed E-state index contributed by atoms with van der Waals surface area (Å²) >= 11 is 0. The molecule has 0 radical (unpaired) electrons. The SMILES string of the molecule is OC(CCCN1CCN(c2ccccc2)CC1)c1ccc(F)cc1. The van der Waals surface area contributed by atoms with Crippen LogP contribution < -0.4 is 4.90 Å². The van der Waals surface area contributed by atoms with Gasteiger partial charge in [0, 0.05) is 31.9 Å². The summed E-state index contributed by atoms with van der Waals surface area (Å²) in [5.41, 5.74) is 2.09. The molecule has 24 heavy (non-hydrogen) atoms. The molecule has 3 nitrogen and oxygen atoms in total. The molecule has 1 N–H and O–H groups in total. The van der Waals surface area contributed by atoms with Crippen LogP contribution in [-0.2, 0) is 0 Å². The highest BCUT2D eigenvalue weighted by Crippen LogP contribution is 2.20. The maximum atomic E-state index is 12.9. The lowest BCUT2D eigenvalue weighted by Gasteiger charge is -2.36. The molecule has 0 bridgehead atoms. The van der Waals surface area contributed by atoms with Crippen molar-refractivity contribution in [1.29, 1.82) is 0 Å². The van der Waals surface area contributed by atoms with Crippen molar-refractivity contribution < 1.29 is 9.50 Å². The molecule has 2 aromatic carbocycles. The molecule has 2 aromatic rings. The lowest BCUT2D eigenvalue weighted by Crippen LogP contribution is -2.46. The minimum absolute atomic E-state index is 0.262. The average Bonchev–Trinajstić information content (AvgIpc) is 2.63. The molecule has 3 rings (SSSR count). The number of aliphatic hydroxyl groups excluding tert-OH is 1. The minimum Gasteiger partial charge on any atom is -0.388 e. The van der Waals surface area contributed by atoms with Gasteiger partial charge in [-0.05, 0) is 49.2 Å². The lowest BCUT2D eigenvalue weighted by atomic mass is 10.0. The van der Waals surface area contributed by atoms with Crippen LogP contribution in [0.2, 0.25) is 0 Å². The van der Waals surface area contributed by atoms with Crippen LogP contribution in [-0.4, -0.2) is 42.7 Å². The van der Waals surface area contributed by atoms with Crippen LogP contribution in [0.15, 0.2) is 54.6 Å². The van der Waals surface area contributed by atoms with E-state index in [1.54, 1.807) is 12.1 Å². The van der Waals surface area contributed by atoms with Crippen LogP contribution in [0.4, 0.5) is 10.1 Å². The number of hydrogen-bond acceptors (Lipinski definition) is 3. The maximum absolute atomic E-state index is 12.9. The summed E-state index contributed by atoms with van der Waals surface area (Å²) in [6.45, 7) is 5.21. The molecular formula is C20H25FN2O. The molecule has 0 aliphatic carbocycles. The Labute approximate surface area is 143 Å². The van der Waals surface area contributed by atoms with Crippen molar-refractivity contribution in [2.75, 3.05) is 37.6 Å². The molecule has 4 heteroatoms. The van der Waals surface area contributed by atoms with E-state index in [0.29, 0.717) is 6.42 Å². The smallest absolute Gasteiger partial charge is 0.123 e. The van der Waals surface area contributed by atoms with Crippen molar-refractivity contribution in [1.82, 2.24) is 4.90 Å². The number of aliphatic hydroxyl groups is 1. The van der Waals surface area contributed by atoms with Gasteiger partial charge in [-0.1, -0.05) is 30.3 Å². The van der Waals surface area contributed by atoms with Gasteiger partial charge >= 0.3 is 0 Å². The standard InChI is InChI=1S/C20H25FN2O/c21-18-10-8-17(9-11-18)20(24)7-4-12-22-13-15-23(16-14-22)19-5-2-1-3-6-19/h1-3,5-6,8-11,20,24H,4,7,12-16H2. The van der Waals surface area contributed by atoms with E-state index in [1.165, 1.54) is 17.8 Å². The fourth-order valence-corrected chi connectivity index (χ4v) is 3.23. The summed E-state index contributed by atoms with van der Waals surface area (Å²) < 4.78 is 12.9. The highest BCUT2D eigenvalue weighted by Gasteiger charge is 2.17. The number of anilines is 1. The third-order valence-electron chi connectivity index (χ3n) is 4.70. The predicted octanol–water partition coefficient (Wildman–Crippen LogP) is 3.46. The van der Waals surface area contributed by atoms with Gasteiger partial charge in [0.2, 0.25) is 0 Å². The van der Waals surface area contributed by atoms with Crippen molar-refractivity contribution in [3.63, 3.8) is 0 Å². The Morgan fingerprint density at radius 3 is 2.25 bits per heavy atom. The van der Waals surface area contributed by atoms with Crippen LogP contribution in [0.3, 0.4) is 0 Å². The summed E-state index contributed by atoms with van der Waals surface area (Å²) in [7, 11) is 0. The molecule has 1 aliphatic rings. The molecule has 0 aromatic heterocycles. The molecule has 0 amide bonds. The molecule has 0 spiro atoms. The molecule has 0 saturated carbocycles. The molecule has 1 saturated heterocycles. The number of piperazine rings is 1. The van der Waals surface area contributed by atoms with Crippen molar-refractivity contribution in [2.45, 2.75) is 18.9 Å². The Balaban J connectivity index is 1.38. The first-order chi connectivity index (χ1) is 11.7. The second kappa shape index (κ2) is 8.27. The van der Waals surface area contributed by atoms with Crippen molar-refractivity contribution >= 4 is 5.69 Å². The third-order valence-corrected chi connectivity index (χ3v) is 4.70. The Hall–Kier alpha value is -1.91. The molecule has 1 unspecified atom stereocenters. The second-order valence-corrected chi connectivity index (χ2v) is 6.37. The Morgan fingerprint density at radius 2 is 1.58 bits per heavy atom. The van der Waals surface area contributed by atoms with Crippen molar-refractivity contribution in [2.24, 2.45) is 0 Å². The van der Waals surface area contributed by atoms with Gasteiger partial charge in [0.15, 0.2) is 0 Å². The molecule has 128 valence electrons. The first kappa shape index (κ1) is 16.9. The number of halogens is 1. The molecule has 1 aliphatic heterocycles. The quantitative estimate of drug-likeness (QED) is 0.880. The third kappa shape index (κ3) is 4.56. The zero-order chi connectivity index (χ0) is 16.8. The molecule has 1 atom stereocenters. The van der Waals surface area contributed by atoms with Crippen molar-refractivity contribution in [3.05, 3.63) is 66.0 Å². The van der Waals surface area contributed by atoms with Gasteiger partial charge in [-0.15, -0.1) is 0 Å².